The predicted molar refractivity (Wildman–Crippen MR) is 116 cm³/mol. The van der Waals surface area contributed by atoms with Crippen molar-refractivity contribution in [2.24, 2.45) is 0 Å². The highest BCUT2D eigenvalue weighted by Gasteiger charge is 2.23. The zero-order valence-corrected chi connectivity index (χ0v) is 17.9. The molecular weight excluding hydrogens is 442 g/mol. The molecule has 0 bridgehead atoms. The van der Waals surface area contributed by atoms with E-state index in [9.17, 15) is 19.7 Å². The average molecular weight is 462 g/mol. The summed E-state index contributed by atoms with van der Waals surface area (Å²) < 4.78 is 0. The number of hydrogen-bond acceptors (Lipinski definition) is 9. The number of allylic oxidation sites excluding steroid dienone is 5. The number of thiazole rings is 2. The van der Waals surface area contributed by atoms with Crippen molar-refractivity contribution in [2.45, 2.75) is 25.7 Å². The summed E-state index contributed by atoms with van der Waals surface area (Å²) in [6.07, 6.45) is 9.69. The minimum absolute atomic E-state index is 0.0681. The van der Waals surface area contributed by atoms with E-state index < -0.39 is 16.7 Å². The van der Waals surface area contributed by atoms with Crippen LogP contribution < -0.4 is 10.8 Å². The van der Waals surface area contributed by atoms with E-state index in [4.69, 9.17) is 5.21 Å². The summed E-state index contributed by atoms with van der Waals surface area (Å²) in [5.74, 6) is -0.890. The van der Waals surface area contributed by atoms with Gasteiger partial charge in [-0.15, -0.1) is 22.7 Å². The van der Waals surface area contributed by atoms with Gasteiger partial charge in [-0.05, 0) is 24.8 Å². The third kappa shape index (κ3) is 5.90. The van der Waals surface area contributed by atoms with Crippen LogP contribution in [0.5, 0.6) is 0 Å². The third-order valence-electron chi connectivity index (χ3n) is 4.24. The summed E-state index contributed by atoms with van der Waals surface area (Å²) in [7, 11) is 0. The van der Waals surface area contributed by atoms with Gasteiger partial charge in [-0.2, -0.15) is 0 Å². The Hall–Kier alpha value is -3.22. The van der Waals surface area contributed by atoms with Crippen molar-refractivity contribution in [3.8, 4) is 10.0 Å². The van der Waals surface area contributed by atoms with Gasteiger partial charge in [0.15, 0.2) is 10.0 Å². The van der Waals surface area contributed by atoms with Crippen LogP contribution in [0.4, 0.5) is 0 Å². The maximum absolute atomic E-state index is 12.8. The van der Waals surface area contributed by atoms with Crippen molar-refractivity contribution >= 4 is 40.1 Å². The van der Waals surface area contributed by atoms with Crippen molar-refractivity contribution in [1.82, 2.24) is 20.8 Å². The molecule has 0 unspecified atom stereocenters. The predicted octanol–water partition coefficient (Wildman–Crippen LogP) is 3.18. The number of nitro groups is 1. The third-order valence-corrected chi connectivity index (χ3v) is 6.26. The van der Waals surface area contributed by atoms with Crippen molar-refractivity contribution in [2.75, 3.05) is 6.54 Å². The molecule has 31 heavy (non-hydrogen) atoms. The van der Waals surface area contributed by atoms with E-state index in [1.54, 1.807) is 23.1 Å². The van der Waals surface area contributed by atoms with Gasteiger partial charge in [0.2, 0.25) is 5.91 Å². The van der Waals surface area contributed by atoms with Gasteiger partial charge >= 0.3 is 0 Å². The van der Waals surface area contributed by atoms with Crippen LogP contribution in [0.25, 0.3) is 15.6 Å². The molecule has 0 saturated carbocycles. The minimum Gasteiger partial charge on any atom is -0.351 e. The molecule has 0 aliphatic heterocycles. The van der Waals surface area contributed by atoms with E-state index in [1.165, 1.54) is 34.8 Å². The van der Waals surface area contributed by atoms with Crippen LogP contribution >= 0.6 is 22.7 Å². The van der Waals surface area contributed by atoms with Gasteiger partial charge in [-0.3, -0.25) is 24.9 Å². The quantitative estimate of drug-likeness (QED) is 0.225. The highest BCUT2D eigenvalue weighted by molar-refractivity contribution is 7.21. The Kier molecular flexibility index (Phi) is 7.76. The van der Waals surface area contributed by atoms with E-state index in [1.807, 2.05) is 6.08 Å². The van der Waals surface area contributed by atoms with Crippen LogP contribution in [0.2, 0.25) is 0 Å². The van der Waals surface area contributed by atoms with Crippen molar-refractivity contribution in [3.63, 3.8) is 0 Å². The zero-order chi connectivity index (χ0) is 22.2. The Bertz CT molecular complexity index is 1060. The lowest BCUT2D eigenvalue weighted by molar-refractivity contribution is -0.418. The number of unbranched alkanes of at least 4 members (excludes halogenated alkanes) is 1. The molecule has 12 heteroatoms. The van der Waals surface area contributed by atoms with Crippen molar-refractivity contribution in [1.29, 1.82) is 0 Å². The van der Waals surface area contributed by atoms with Gasteiger partial charge in [-0.25, -0.2) is 15.4 Å². The van der Waals surface area contributed by atoms with Crippen LogP contribution in [-0.2, 0) is 4.79 Å². The summed E-state index contributed by atoms with van der Waals surface area (Å²) in [5.41, 5.74) is 2.23. The van der Waals surface area contributed by atoms with E-state index in [-0.39, 0.29) is 17.8 Å². The van der Waals surface area contributed by atoms with Crippen LogP contribution in [0.3, 0.4) is 0 Å². The fraction of sp³-hybridized carbons (Fsp3) is 0.263. The first-order valence-electron chi connectivity index (χ1n) is 9.34. The monoisotopic (exact) mass is 461 g/mol. The number of rotatable bonds is 9. The van der Waals surface area contributed by atoms with E-state index in [2.05, 4.69) is 15.3 Å². The lowest BCUT2D eigenvalue weighted by Gasteiger charge is -2.06. The second kappa shape index (κ2) is 10.7. The number of hydrogen-bond donors (Lipinski definition) is 3. The van der Waals surface area contributed by atoms with Gasteiger partial charge < -0.3 is 5.32 Å². The summed E-state index contributed by atoms with van der Waals surface area (Å²) >= 11 is 2.64. The van der Waals surface area contributed by atoms with Gasteiger partial charge in [0, 0.05) is 36.7 Å². The van der Waals surface area contributed by atoms with Crippen LogP contribution in [0.1, 0.15) is 41.0 Å². The molecular formula is C19H19N5O5S2. The molecule has 0 radical (unpaired) electrons. The first-order valence-corrected chi connectivity index (χ1v) is 11.0. The lowest BCUT2D eigenvalue weighted by atomic mass is 10.1. The fourth-order valence-electron chi connectivity index (χ4n) is 2.76. The lowest BCUT2D eigenvalue weighted by Crippen LogP contribution is -2.26. The molecule has 2 aromatic rings. The smallest absolute Gasteiger partial charge is 0.271 e. The highest BCUT2D eigenvalue weighted by Crippen LogP contribution is 2.35. The molecule has 1 aliphatic rings. The SMILES string of the molecule is O=C(CCCCNC(=O)c1nc(-c2nccs2)sc1C1=CCC=CC([N+](=O)[O-])=C1)NO. The summed E-state index contributed by atoms with van der Waals surface area (Å²) in [6, 6.07) is 0. The van der Waals surface area contributed by atoms with Crippen molar-refractivity contribution < 1.29 is 19.7 Å². The molecule has 2 heterocycles. The van der Waals surface area contributed by atoms with E-state index >= 15 is 0 Å². The molecule has 0 saturated heterocycles. The molecule has 3 rings (SSSR count). The maximum atomic E-state index is 12.8. The molecule has 2 amide bonds. The maximum Gasteiger partial charge on any atom is 0.271 e. The largest absolute Gasteiger partial charge is 0.351 e. The Morgan fingerprint density at radius 2 is 2.13 bits per heavy atom. The highest BCUT2D eigenvalue weighted by atomic mass is 32.1. The summed E-state index contributed by atoms with van der Waals surface area (Å²) in [5, 5.41) is 25.6. The van der Waals surface area contributed by atoms with Crippen LogP contribution in [0.15, 0.2) is 41.6 Å². The topological polar surface area (TPSA) is 147 Å². The number of carbonyl (C=O) groups is 2. The van der Waals surface area contributed by atoms with Crippen LogP contribution in [-0.4, -0.2) is 38.5 Å². The van der Waals surface area contributed by atoms with Crippen LogP contribution in [0, 0.1) is 10.1 Å². The Labute approximate surface area is 185 Å². The molecule has 0 fully saturated rings. The zero-order valence-electron chi connectivity index (χ0n) is 16.2. The molecule has 3 N–H and O–H groups in total. The van der Waals surface area contributed by atoms with Gasteiger partial charge in [0.25, 0.3) is 11.6 Å². The van der Waals surface area contributed by atoms with E-state index in [0.29, 0.717) is 46.3 Å². The number of aromatic nitrogens is 2. The van der Waals surface area contributed by atoms with Gasteiger partial charge in [0.05, 0.1) is 9.80 Å². The molecule has 2 aromatic heterocycles. The Balaban J connectivity index is 1.83. The Morgan fingerprint density at radius 3 is 2.84 bits per heavy atom. The molecule has 162 valence electrons. The molecule has 0 atom stereocenters. The fourth-order valence-corrected chi connectivity index (χ4v) is 4.52. The second-order valence-corrected chi connectivity index (χ2v) is 8.30. The normalized spacial score (nSPS) is 13.2. The standard InChI is InChI=1S/C19H19N5O5S2/c25-14(23-27)7-3-4-8-20-17(26)15-16(31-19(22-15)18-21-9-10-30-18)12-5-1-2-6-13(11-12)24(28)29/h2,5-6,9-11,27H,1,3-4,7-8H2,(H,20,26)(H,23,25). The number of hydroxylamine groups is 1. The molecule has 0 spiro atoms. The van der Waals surface area contributed by atoms with E-state index in [0.717, 1.165) is 0 Å². The number of nitrogens with zero attached hydrogens (tertiary/aromatic N) is 3. The first kappa shape index (κ1) is 22.5. The minimum atomic E-state index is -0.483. The molecule has 0 aromatic carbocycles. The number of carbonyl (C=O) groups excluding carboxylic acids is 2. The molecule has 10 nitrogen and oxygen atoms in total. The average Bonchev–Trinajstić information content (AvgIpc) is 3.38. The number of nitrogens with one attached hydrogen (secondary N) is 2. The summed E-state index contributed by atoms with van der Waals surface area (Å²) in [6.45, 7) is 0.317. The van der Waals surface area contributed by atoms with Gasteiger partial charge in [0.1, 0.15) is 5.69 Å². The summed E-state index contributed by atoms with van der Waals surface area (Å²) in [4.78, 5) is 43.9. The van der Waals surface area contributed by atoms with Gasteiger partial charge in [-0.1, -0.05) is 12.2 Å². The first-order chi connectivity index (χ1) is 15.0. The van der Waals surface area contributed by atoms with Crippen molar-refractivity contribution in [3.05, 3.63) is 62.3 Å². The number of amides is 2. The second-order valence-electron chi connectivity index (χ2n) is 6.41. The molecule has 1 aliphatic carbocycles. The Morgan fingerprint density at radius 1 is 1.29 bits per heavy atom.